The third kappa shape index (κ3) is 7.11. The molecule has 0 fully saturated rings. The molecule has 0 aliphatic rings. The molecule has 0 nitrogen and oxygen atoms in total. The van der Waals surface area contributed by atoms with E-state index in [-0.39, 0.29) is 17.1 Å². The van der Waals surface area contributed by atoms with Gasteiger partial charge in [0, 0.05) is 0 Å². The second-order valence-corrected chi connectivity index (χ2v) is 29.3. The molecule has 0 amide bonds. The van der Waals surface area contributed by atoms with Crippen LogP contribution in [0.25, 0.3) is 0 Å². The van der Waals surface area contributed by atoms with E-state index in [2.05, 4.69) is 37.2 Å². The minimum absolute atomic E-state index is 0.000185. The van der Waals surface area contributed by atoms with E-state index in [1.54, 1.807) is 0 Å². The van der Waals surface area contributed by atoms with Crippen molar-refractivity contribution in [2.24, 2.45) is 0 Å². The molecule has 0 aromatic rings. The maximum absolute atomic E-state index is 6.01. The van der Waals surface area contributed by atoms with E-state index in [9.17, 15) is 0 Å². The first-order valence-corrected chi connectivity index (χ1v) is 19.3. The van der Waals surface area contributed by atoms with Gasteiger partial charge in [-0.15, -0.1) is 0 Å². The van der Waals surface area contributed by atoms with Crippen LogP contribution in [0.1, 0.15) is 0 Å². The van der Waals surface area contributed by atoms with Crippen molar-refractivity contribution in [1.82, 2.24) is 0 Å². The molecule has 0 atom stereocenters. The van der Waals surface area contributed by atoms with Crippen molar-refractivity contribution in [2.45, 2.75) is 0 Å². The van der Waals surface area contributed by atoms with Gasteiger partial charge in [0.15, 0.2) is 0 Å². The molecule has 0 aliphatic carbocycles. The van der Waals surface area contributed by atoms with Gasteiger partial charge in [0.2, 0.25) is 0 Å². The first-order valence-electron chi connectivity index (χ1n) is 5.50. The predicted octanol–water partition coefficient (Wildman–Crippen LogP) is -3.44. The molecule has 0 aliphatic heterocycles. The zero-order valence-corrected chi connectivity index (χ0v) is 16.8. The van der Waals surface area contributed by atoms with Gasteiger partial charge in [-0.3, -0.25) is 0 Å². The van der Waals surface area contributed by atoms with Gasteiger partial charge in [0.25, 0.3) is 0 Å². The minimum atomic E-state index is -1.52. The molecule has 17 radical (unpaired) electrons. The molecule has 0 bridgehead atoms. The predicted molar refractivity (Wildman–Crippen MR) is 134 cm³/mol. The van der Waals surface area contributed by atoms with Crippen LogP contribution in [0.5, 0.6) is 0 Å². The molecule has 0 saturated heterocycles. The molecule has 0 unspecified atom stereocenters. The topological polar surface area (TPSA) is 0 Å². The second-order valence-electron chi connectivity index (χ2n) is 4.32. The molecule has 0 N–H and O–H groups in total. The van der Waals surface area contributed by atoms with Crippen LogP contribution in [0.3, 0.4) is 0 Å². The second kappa shape index (κ2) is 10.9. The van der Waals surface area contributed by atoms with E-state index in [1.165, 1.54) is 7.06 Å². The Morgan fingerprint density at radius 3 is 1.32 bits per heavy atom. The third-order valence-electron chi connectivity index (χ3n) is 2.93. The summed E-state index contributed by atoms with van der Waals surface area (Å²) in [5.74, 6) is 0. The van der Waals surface area contributed by atoms with Crippen LogP contribution in [-0.4, -0.2) is 112 Å². The fourth-order valence-electron chi connectivity index (χ4n) is 1.97. The summed E-state index contributed by atoms with van der Waals surface area (Å²) in [7, 11) is 48.0. The molecule has 0 aromatic carbocycles. The average Bonchev–Trinajstić information content (AvgIpc) is 2.25. The Balaban J connectivity index is 5.46. The van der Waals surface area contributed by atoms with Crippen molar-refractivity contribution in [3.8, 4) is 0 Å². The fourth-order valence-corrected chi connectivity index (χ4v) is 13.6. The number of rotatable bonds is 8. The van der Waals surface area contributed by atoms with Crippen molar-refractivity contribution in [3.05, 3.63) is 0 Å². The van der Waals surface area contributed by atoms with Gasteiger partial charge in [-0.25, -0.2) is 0 Å². The molecule has 69 valence electrons. The zero-order valence-electron chi connectivity index (χ0n) is 10.4. The summed E-state index contributed by atoms with van der Waals surface area (Å²) >= 11 is 3.25. The van der Waals surface area contributed by atoms with Gasteiger partial charge in [-0.2, -0.15) is 0 Å². The summed E-state index contributed by atoms with van der Waals surface area (Å²) in [5, 5.41) is 0. The Bertz CT molecular complexity index is 228. The van der Waals surface area contributed by atoms with Gasteiger partial charge >= 0.3 is 161 Å². The summed E-state index contributed by atoms with van der Waals surface area (Å²) in [5.41, 5.74) is 0. The number of halogens is 3. The first kappa shape index (κ1) is 22.2. The van der Waals surface area contributed by atoms with Crippen LogP contribution in [-0.2, 0) is 0 Å². The van der Waals surface area contributed by atoms with Gasteiger partial charge in [-0.05, 0) is 0 Å². The van der Waals surface area contributed by atoms with Crippen LogP contribution in [0, 0.1) is 0 Å². The van der Waals surface area contributed by atoms with E-state index in [0.29, 0.717) is 0 Å². The zero-order chi connectivity index (χ0) is 15.3. The summed E-state index contributed by atoms with van der Waals surface area (Å²) in [6.07, 6.45) is -2.94. The van der Waals surface area contributed by atoms with E-state index in [0.717, 1.165) is 0 Å². The van der Waals surface area contributed by atoms with E-state index < -0.39 is 37.2 Å². The molecule has 0 aromatic heterocycles. The molecule has 0 spiro atoms. The van der Waals surface area contributed by atoms with E-state index >= 15 is 0 Å². The maximum atomic E-state index is 6.01. The van der Waals surface area contributed by atoms with Crippen molar-refractivity contribution in [1.29, 1.82) is 0 Å². The van der Waals surface area contributed by atoms with Crippen LogP contribution in [0.15, 0.2) is 0 Å². The van der Waals surface area contributed by atoms with Crippen molar-refractivity contribution >= 4 is 161 Å². The Hall–Kier alpha value is 3.23. The average molecular weight is 554 g/mol. The standard InChI is InChI=1S/B16I3/c1-9-13(8)15(12(6)7)16(19(17)18)14(10(2)3)11(4)5. The van der Waals surface area contributed by atoms with Gasteiger partial charge in [0.1, 0.15) is 0 Å². The summed E-state index contributed by atoms with van der Waals surface area (Å²) in [4.78, 5) is 0. The van der Waals surface area contributed by atoms with Gasteiger partial charge in [-0.1, -0.05) is 0 Å². The van der Waals surface area contributed by atoms with Crippen molar-refractivity contribution in [3.63, 3.8) is 0 Å². The van der Waals surface area contributed by atoms with Crippen molar-refractivity contribution < 1.29 is 0 Å². The Morgan fingerprint density at radius 2 is 1.11 bits per heavy atom. The molecule has 19 heteroatoms. The SMILES string of the molecule is [B][B]B([B])B(B([B])[B])B(B(B([B])[B])B([B])[B])I(I)I. The first-order chi connectivity index (χ1) is 8.64. The molecule has 0 heterocycles. The Kier molecular flexibility index (Phi) is 12.8. The van der Waals surface area contributed by atoms with Gasteiger partial charge in [0.05, 0.1) is 0 Å². The Morgan fingerprint density at radius 1 is 0.737 bits per heavy atom. The van der Waals surface area contributed by atoms with Crippen molar-refractivity contribution in [2.75, 3.05) is 0 Å². The Labute approximate surface area is 158 Å². The molecular weight excluding hydrogens is 554 g/mol. The quantitative estimate of drug-likeness (QED) is 0.217. The molecule has 0 saturated carbocycles. The number of hydrogen-bond donors (Lipinski definition) is 0. The normalized spacial score (nSPS) is 10.1. The molecule has 0 rings (SSSR count). The van der Waals surface area contributed by atoms with Crippen LogP contribution in [0.4, 0.5) is 0 Å². The number of hydrogen-bond acceptors (Lipinski definition) is 0. The van der Waals surface area contributed by atoms with E-state index in [4.69, 9.17) is 61.9 Å². The third-order valence-corrected chi connectivity index (χ3v) is 13.0. The van der Waals surface area contributed by atoms with E-state index in [1.807, 2.05) is 0 Å². The molecular formula is B16I3. The fraction of sp³-hybridized carbons (Fsp3) is 0. The van der Waals surface area contributed by atoms with Gasteiger partial charge < -0.3 is 0 Å². The summed E-state index contributed by atoms with van der Waals surface area (Å²) in [6, 6.07) is 0. The van der Waals surface area contributed by atoms with Crippen LogP contribution >= 0.6 is 48.9 Å². The van der Waals surface area contributed by atoms with Crippen LogP contribution < -0.4 is 0 Å². The monoisotopic (exact) mass is 557 g/mol. The summed E-state index contributed by atoms with van der Waals surface area (Å²) < 4.78 is 0.000185. The summed E-state index contributed by atoms with van der Waals surface area (Å²) in [6.45, 7) is 0. The molecule has 19 heavy (non-hydrogen) atoms. The van der Waals surface area contributed by atoms with Crippen LogP contribution in [0.2, 0.25) is 0 Å².